The van der Waals surface area contributed by atoms with E-state index in [1.54, 1.807) is 0 Å². The maximum Gasteiger partial charge on any atom is 0.249 e. The number of carbonyl (C=O) groups excluding carboxylic acids is 1. The van der Waals surface area contributed by atoms with Crippen molar-refractivity contribution in [2.75, 3.05) is 13.2 Å². The number of allylic oxidation sites excluding steroid dienone is 4. The van der Waals surface area contributed by atoms with Crippen LogP contribution in [0, 0.1) is 0 Å². The van der Waals surface area contributed by atoms with Crippen molar-refractivity contribution in [3.05, 3.63) is 24.3 Å². The molecule has 1 saturated heterocycles. The molecule has 10 nitrogen and oxygen atoms in total. The Bertz CT molecular complexity index is 886. The fourth-order valence-corrected chi connectivity index (χ4v) is 6.61. The Morgan fingerprint density at radius 3 is 1.69 bits per heavy atom. The second-order valence-corrected chi connectivity index (χ2v) is 14.9. The molecule has 0 aromatic rings. The molecule has 10 heteroatoms. The Labute approximate surface area is 316 Å². The Hall–Kier alpha value is -1.37. The Kier molecular flexibility index (Phi) is 30.9. The number of aliphatic hydroxyl groups is 6. The van der Waals surface area contributed by atoms with Crippen LogP contribution in [0.1, 0.15) is 174 Å². The molecular formula is C42H79NO9. The summed E-state index contributed by atoms with van der Waals surface area (Å²) < 4.78 is 11.1. The summed E-state index contributed by atoms with van der Waals surface area (Å²) in [6, 6.07) is -0.895. The van der Waals surface area contributed by atoms with Gasteiger partial charge >= 0.3 is 0 Å². The summed E-state index contributed by atoms with van der Waals surface area (Å²) in [7, 11) is 0. The summed E-state index contributed by atoms with van der Waals surface area (Å²) in [5.74, 6) is -0.594. The van der Waals surface area contributed by atoms with Crippen molar-refractivity contribution >= 4 is 5.91 Å². The summed E-state index contributed by atoms with van der Waals surface area (Å²) in [6.45, 7) is 3.60. The largest absolute Gasteiger partial charge is 0.394 e. The molecule has 0 aromatic heterocycles. The molecule has 0 saturated carbocycles. The molecule has 1 amide bonds. The highest BCUT2D eigenvalue weighted by molar-refractivity contribution is 5.80. The van der Waals surface area contributed by atoms with Crippen LogP contribution < -0.4 is 5.32 Å². The number of amides is 1. The van der Waals surface area contributed by atoms with Gasteiger partial charge in [0.1, 0.15) is 30.5 Å². The second kappa shape index (κ2) is 33.0. The monoisotopic (exact) mass is 742 g/mol. The minimum atomic E-state index is -1.60. The quantitative estimate of drug-likeness (QED) is 0.0274. The fourth-order valence-electron chi connectivity index (χ4n) is 6.61. The molecule has 0 radical (unpaired) electrons. The first-order valence-corrected chi connectivity index (χ1v) is 21.1. The molecule has 0 bridgehead atoms. The van der Waals surface area contributed by atoms with Gasteiger partial charge in [0.2, 0.25) is 5.91 Å². The summed E-state index contributed by atoms with van der Waals surface area (Å²) >= 11 is 0. The van der Waals surface area contributed by atoms with Gasteiger partial charge in [0.15, 0.2) is 6.29 Å². The molecule has 0 aliphatic carbocycles. The molecular weight excluding hydrogens is 662 g/mol. The number of ether oxygens (including phenoxy) is 2. The van der Waals surface area contributed by atoms with E-state index in [2.05, 4.69) is 43.5 Å². The highest BCUT2D eigenvalue weighted by atomic mass is 16.7. The van der Waals surface area contributed by atoms with E-state index in [1.165, 1.54) is 70.6 Å². The average Bonchev–Trinajstić information content (AvgIpc) is 3.14. The molecule has 0 spiro atoms. The van der Waals surface area contributed by atoms with Gasteiger partial charge in [-0.15, -0.1) is 0 Å². The minimum absolute atomic E-state index is 0.259. The van der Waals surface area contributed by atoms with E-state index < -0.39 is 61.5 Å². The number of hydrogen-bond acceptors (Lipinski definition) is 9. The second-order valence-electron chi connectivity index (χ2n) is 14.9. The molecule has 7 N–H and O–H groups in total. The van der Waals surface area contributed by atoms with Crippen molar-refractivity contribution in [2.45, 2.75) is 223 Å². The molecule has 8 unspecified atom stereocenters. The van der Waals surface area contributed by atoms with Gasteiger partial charge in [-0.25, -0.2) is 0 Å². The standard InChI is InChI=1S/C42H79NO9/c1-3-5-7-9-11-13-15-16-17-18-19-21-23-25-27-29-31-36(46)41(50)43-34(33-51-42-40(49)39(48)38(47)37(32-44)52-42)35(45)30-28-26-24-22-20-14-12-10-8-6-4-2/h11,13,16-17,34-40,42,44-49H,3-10,12,14-15,18-33H2,1-2H3,(H,43,50)/b13-11-,17-16-. The number of nitrogens with one attached hydrogen (secondary N) is 1. The smallest absolute Gasteiger partial charge is 0.249 e. The van der Waals surface area contributed by atoms with Crippen LogP contribution in [-0.2, 0) is 14.3 Å². The van der Waals surface area contributed by atoms with Crippen molar-refractivity contribution < 1.29 is 44.9 Å². The van der Waals surface area contributed by atoms with Crippen LogP contribution in [0.3, 0.4) is 0 Å². The van der Waals surface area contributed by atoms with Gasteiger partial charge in [0.05, 0.1) is 25.4 Å². The van der Waals surface area contributed by atoms with E-state index in [1.807, 2.05) is 0 Å². The number of hydrogen-bond donors (Lipinski definition) is 7. The third kappa shape index (κ3) is 23.4. The zero-order valence-corrected chi connectivity index (χ0v) is 32.9. The highest BCUT2D eigenvalue weighted by Gasteiger charge is 2.44. The van der Waals surface area contributed by atoms with Gasteiger partial charge in [-0.3, -0.25) is 4.79 Å². The first kappa shape index (κ1) is 48.6. The summed E-state index contributed by atoms with van der Waals surface area (Å²) in [4.78, 5) is 13.0. The van der Waals surface area contributed by atoms with Crippen LogP contribution in [0.15, 0.2) is 24.3 Å². The van der Waals surface area contributed by atoms with Crippen LogP contribution in [0.5, 0.6) is 0 Å². The Balaban J connectivity index is 2.44. The normalized spacial score (nSPS) is 22.7. The number of rotatable bonds is 34. The average molecular weight is 742 g/mol. The van der Waals surface area contributed by atoms with Crippen LogP contribution in [0.4, 0.5) is 0 Å². The van der Waals surface area contributed by atoms with Crippen molar-refractivity contribution in [3.63, 3.8) is 0 Å². The summed E-state index contributed by atoms with van der Waals surface area (Å²) in [6.07, 6.45) is 26.5. The van der Waals surface area contributed by atoms with Gasteiger partial charge in [0, 0.05) is 0 Å². The summed E-state index contributed by atoms with van der Waals surface area (Å²) in [5, 5.41) is 64.6. The number of unbranched alkanes of at least 4 members (excludes halogenated alkanes) is 19. The maximum absolute atomic E-state index is 13.0. The molecule has 1 aliphatic rings. The van der Waals surface area contributed by atoms with E-state index in [0.717, 1.165) is 70.6 Å². The molecule has 52 heavy (non-hydrogen) atoms. The van der Waals surface area contributed by atoms with Crippen LogP contribution >= 0.6 is 0 Å². The van der Waals surface area contributed by atoms with Crippen molar-refractivity contribution in [1.82, 2.24) is 5.32 Å². The lowest BCUT2D eigenvalue weighted by atomic mass is 9.99. The van der Waals surface area contributed by atoms with E-state index in [9.17, 15) is 35.4 Å². The Morgan fingerprint density at radius 1 is 0.654 bits per heavy atom. The first-order chi connectivity index (χ1) is 25.3. The van der Waals surface area contributed by atoms with E-state index >= 15 is 0 Å². The molecule has 1 fully saturated rings. The molecule has 0 aromatic carbocycles. The van der Waals surface area contributed by atoms with E-state index in [4.69, 9.17) is 9.47 Å². The lowest BCUT2D eigenvalue weighted by Crippen LogP contribution is -2.60. The zero-order chi connectivity index (χ0) is 38.2. The van der Waals surface area contributed by atoms with Gasteiger partial charge < -0.3 is 45.4 Å². The molecule has 306 valence electrons. The van der Waals surface area contributed by atoms with Crippen LogP contribution in [0.2, 0.25) is 0 Å². The topological polar surface area (TPSA) is 169 Å². The molecule has 1 heterocycles. The zero-order valence-electron chi connectivity index (χ0n) is 32.9. The maximum atomic E-state index is 13.0. The van der Waals surface area contributed by atoms with E-state index in [0.29, 0.717) is 19.3 Å². The fraction of sp³-hybridized carbons (Fsp3) is 0.881. The lowest BCUT2D eigenvalue weighted by molar-refractivity contribution is -0.302. The summed E-state index contributed by atoms with van der Waals surface area (Å²) in [5.41, 5.74) is 0. The van der Waals surface area contributed by atoms with E-state index in [-0.39, 0.29) is 6.61 Å². The highest BCUT2D eigenvalue weighted by Crippen LogP contribution is 2.23. The predicted molar refractivity (Wildman–Crippen MR) is 209 cm³/mol. The van der Waals surface area contributed by atoms with Gasteiger partial charge in [-0.2, -0.15) is 0 Å². The number of aliphatic hydroxyl groups excluding tert-OH is 6. The third-order valence-electron chi connectivity index (χ3n) is 10.2. The lowest BCUT2D eigenvalue weighted by Gasteiger charge is -2.40. The van der Waals surface area contributed by atoms with Crippen LogP contribution in [0.25, 0.3) is 0 Å². The van der Waals surface area contributed by atoms with Crippen molar-refractivity contribution in [3.8, 4) is 0 Å². The Morgan fingerprint density at radius 2 is 1.13 bits per heavy atom. The predicted octanol–water partition coefficient (Wildman–Crippen LogP) is 6.91. The van der Waals surface area contributed by atoms with Gasteiger partial charge in [0.25, 0.3) is 0 Å². The number of carbonyl (C=O) groups is 1. The first-order valence-electron chi connectivity index (χ1n) is 21.1. The van der Waals surface area contributed by atoms with Crippen molar-refractivity contribution in [2.24, 2.45) is 0 Å². The van der Waals surface area contributed by atoms with Crippen molar-refractivity contribution in [1.29, 1.82) is 0 Å². The molecule has 8 atom stereocenters. The SMILES string of the molecule is CCCCC/C=C\C/C=C\CCCCCCCCC(O)C(=O)NC(COC1OC(CO)C(O)C(O)C1O)C(O)CCCCCCCCCCCCC. The molecule has 1 aliphatic heterocycles. The minimum Gasteiger partial charge on any atom is -0.394 e. The van der Waals surface area contributed by atoms with Gasteiger partial charge in [-0.1, -0.05) is 154 Å². The molecule has 1 rings (SSSR count). The van der Waals surface area contributed by atoms with Gasteiger partial charge in [-0.05, 0) is 44.9 Å². The third-order valence-corrected chi connectivity index (χ3v) is 10.2. The van der Waals surface area contributed by atoms with Crippen LogP contribution in [-0.4, -0.2) is 98.7 Å².